The van der Waals surface area contributed by atoms with Gasteiger partial charge >= 0.3 is 0 Å². The zero-order chi connectivity index (χ0) is 16.6. The topological polar surface area (TPSA) is 12.9 Å². The van der Waals surface area contributed by atoms with Crippen LogP contribution in [-0.4, -0.2) is 4.98 Å². The van der Waals surface area contributed by atoms with Crippen LogP contribution in [0.1, 0.15) is 0 Å². The monoisotopic (exact) mass is 401 g/mol. The fourth-order valence-corrected chi connectivity index (χ4v) is 3.70. The standard InChI is InChI=1S/C17H8Cl5N/c18-10-3-1-4-11(19)15(10)9-7-8-14(23-17(9)22)16-12(20)5-2-6-13(16)21/h1-8H. The molecule has 1 nitrogen and oxygen atoms in total. The van der Waals surface area contributed by atoms with Gasteiger partial charge in [-0.15, -0.1) is 0 Å². The molecule has 0 saturated carbocycles. The summed E-state index contributed by atoms with van der Waals surface area (Å²) in [5.74, 6) is 0. The summed E-state index contributed by atoms with van der Waals surface area (Å²) in [5, 5.41) is 2.29. The maximum Gasteiger partial charge on any atom is 0.137 e. The van der Waals surface area contributed by atoms with E-state index in [1.165, 1.54) is 0 Å². The number of aromatic nitrogens is 1. The third-order valence-electron chi connectivity index (χ3n) is 3.30. The Kier molecular flexibility index (Phi) is 5.05. The van der Waals surface area contributed by atoms with Crippen molar-refractivity contribution < 1.29 is 0 Å². The summed E-state index contributed by atoms with van der Waals surface area (Å²) in [7, 11) is 0. The largest absolute Gasteiger partial charge is 0.235 e. The lowest BCUT2D eigenvalue weighted by Gasteiger charge is -2.11. The molecule has 0 bridgehead atoms. The summed E-state index contributed by atoms with van der Waals surface area (Å²) in [6.45, 7) is 0. The van der Waals surface area contributed by atoms with Gasteiger partial charge in [-0.05, 0) is 36.4 Å². The Balaban J connectivity index is 2.16. The summed E-state index contributed by atoms with van der Waals surface area (Å²) < 4.78 is 0. The molecule has 0 aliphatic carbocycles. The quantitative estimate of drug-likeness (QED) is 0.400. The Morgan fingerprint density at radius 2 is 1.04 bits per heavy atom. The Labute approximate surface area is 158 Å². The minimum absolute atomic E-state index is 0.272. The molecule has 23 heavy (non-hydrogen) atoms. The van der Waals surface area contributed by atoms with E-state index in [1.807, 2.05) is 0 Å². The normalized spacial score (nSPS) is 10.8. The second kappa shape index (κ2) is 6.88. The fraction of sp³-hybridized carbons (Fsp3) is 0. The van der Waals surface area contributed by atoms with E-state index in [0.29, 0.717) is 42.5 Å². The van der Waals surface area contributed by atoms with E-state index in [-0.39, 0.29) is 5.15 Å². The number of pyridine rings is 1. The lowest BCUT2D eigenvalue weighted by molar-refractivity contribution is 1.32. The molecule has 0 spiro atoms. The summed E-state index contributed by atoms with van der Waals surface area (Å²) >= 11 is 31.2. The van der Waals surface area contributed by atoms with Gasteiger partial charge in [-0.1, -0.05) is 70.1 Å². The summed E-state index contributed by atoms with van der Waals surface area (Å²) in [6.07, 6.45) is 0. The van der Waals surface area contributed by atoms with Gasteiger partial charge in [0.25, 0.3) is 0 Å². The van der Waals surface area contributed by atoms with E-state index < -0.39 is 0 Å². The van der Waals surface area contributed by atoms with Crippen molar-refractivity contribution >= 4 is 58.0 Å². The number of benzene rings is 2. The van der Waals surface area contributed by atoms with E-state index in [2.05, 4.69) is 4.98 Å². The van der Waals surface area contributed by atoms with Crippen LogP contribution in [0.25, 0.3) is 22.4 Å². The maximum absolute atomic E-state index is 6.35. The highest BCUT2D eigenvalue weighted by atomic mass is 35.5. The minimum atomic E-state index is 0.272. The first kappa shape index (κ1) is 16.9. The average Bonchev–Trinajstić information content (AvgIpc) is 2.49. The van der Waals surface area contributed by atoms with Crippen molar-refractivity contribution in [3.8, 4) is 22.4 Å². The molecule has 0 atom stereocenters. The molecule has 0 N–H and O–H groups in total. The van der Waals surface area contributed by atoms with E-state index in [4.69, 9.17) is 58.0 Å². The van der Waals surface area contributed by atoms with Crippen molar-refractivity contribution in [2.24, 2.45) is 0 Å². The van der Waals surface area contributed by atoms with Gasteiger partial charge in [0.1, 0.15) is 5.15 Å². The van der Waals surface area contributed by atoms with Crippen molar-refractivity contribution in [2.45, 2.75) is 0 Å². The number of halogens is 5. The summed E-state index contributed by atoms with van der Waals surface area (Å²) in [4.78, 5) is 4.40. The Bertz CT molecular complexity index is 852. The smallest absolute Gasteiger partial charge is 0.137 e. The molecular formula is C17H8Cl5N. The van der Waals surface area contributed by atoms with Gasteiger partial charge in [-0.2, -0.15) is 0 Å². The van der Waals surface area contributed by atoms with E-state index in [9.17, 15) is 0 Å². The molecule has 2 aromatic carbocycles. The first-order valence-corrected chi connectivity index (χ1v) is 8.43. The van der Waals surface area contributed by atoms with E-state index in [1.54, 1.807) is 48.5 Å². The predicted molar refractivity (Wildman–Crippen MR) is 100 cm³/mol. The maximum atomic E-state index is 6.35. The molecule has 0 amide bonds. The van der Waals surface area contributed by atoms with Crippen molar-refractivity contribution in [3.05, 3.63) is 73.8 Å². The summed E-state index contributed by atoms with van der Waals surface area (Å²) in [5.41, 5.74) is 2.51. The van der Waals surface area contributed by atoms with E-state index in [0.717, 1.165) is 0 Å². The van der Waals surface area contributed by atoms with Gasteiger partial charge in [-0.3, -0.25) is 0 Å². The van der Waals surface area contributed by atoms with Crippen LogP contribution in [-0.2, 0) is 0 Å². The zero-order valence-electron chi connectivity index (χ0n) is 11.5. The van der Waals surface area contributed by atoms with Crippen LogP contribution in [0.5, 0.6) is 0 Å². The highest BCUT2D eigenvalue weighted by Crippen LogP contribution is 2.40. The van der Waals surface area contributed by atoms with Crippen molar-refractivity contribution in [1.29, 1.82) is 0 Å². The Hall–Kier alpha value is -0.960. The van der Waals surface area contributed by atoms with Crippen molar-refractivity contribution in [3.63, 3.8) is 0 Å². The molecule has 1 heterocycles. The van der Waals surface area contributed by atoms with Gasteiger partial charge in [0.2, 0.25) is 0 Å². The molecule has 3 aromatic rings. The van der Waals surface area contributed by atoms with Crippen LogP contribution in [0.2, 0.25) is 25.2 Å². The molecule has 0 aliphatic heterocycles. The highest BCUT2D eigenvalue weighted by Gasteiger charge is 2.16. The van der Waals surface area contributed by atoms with E-state index >= 15 is 0 Å². The number of nitrogens with zero attached hydrogens (tertiary/aromatic N) is 1. The molecule has 116 valence electrons. The Morgan fingerprint density at radius 3 is 1.52 bits per heavy atom. The van der Waals surface area contributed by atoms with Crippen LogP contribution in [0, 0.1) is 0 Å². The van der Waals surface area contributed by atoms with Gasteiger partial charge in [0.05, 0.1) is 25.8 Å². The van der Waals surface area contributed by atoms with Gasteiger partial charge in [0, 0.05) is 16.7 Å². The summed E-state index contributed by atoms with van der Waals surface area (Å²) in [6, 6.07) is 14.1. The fourth-order valence-electron chi connectivity index (χ4n) is 2.26. The highest BCUT2D eigenvalue weighted by molar-refractivity contribution is 6.41. The SMILES string of the molecule is Clc1cccc(Cl)c1-c1ccc(-c2c(Cl)cccc2Cl)c(Cl)n1. The molecule has 0 saturated heterocycles. The molecule has 1 aromatic heterocycles. The lowest BCUT2D eigenvalue weighted by atomic mass is 10.1. The number of rotatable bonds is 2. The first-order valence-electron chi connectivity index (χ1n) is 6.54. The average molecular weight is 404 g/mol. The van der Waals surface area contributed by atoms with Crippen LogP contribution >= 0.6 is 58.0 Å². The number of hydrogen-bond acceptors (Lipinski definition) is 1. The van der Waals surface area contributed by atoms with Crippen LogP contribution in [0.4, 0.5) is 0 Å². The molecule has 0 fully saturated rings. The second-order valence-corrected chi connectivity index (χ2v) is 6.71. The minimum Gasteiger partial charge on any atom is -0.235 e. The molecule has 0 unspecified atom stereocenters. The third kappa shape index (κ3) is 3.31. The number of hydrogen-bond donors (Lipinski definition) is 0. The van der Waals surface area contributed by atoms with Gasteiger partial charge < -0.3 is 0 Å². The van der Waals surface area contributed by atoms with Gasteiger partial charge in [-0.25, -0.2) is 4.98 Å². The first-order chi connectivity index (χ1) is 11.0. The van der Waals surface area contributed by atoms with Crippen molar-refractivity contribution in [1.82, 2.24) is 4.98 Å². The molecular weight excluding hydrogens is 395 g/mol. The molecule has 6 heteroatoms. The molecule has 0 radical (unpaired) electrons. The van der Waals surface area contributed by atoms with Crippen LogP contribution < -0.4 is 0 Å². The van der Waals surface area contributed by atoms with Crippen LogP contribution in [0.3, 0.4) is 0 Å². The van der Waals surface area contributed by atoms with Crippen molar-refractivity contribution in [2.75, 3.05) is 0 Å². The Morgan fingerprint density at radius 1 is 0.565 bits per heavy atom. The second-order valence-electron chi connectivity index (χ2n) is 4.73. The lowest BCUT2D eigenvalue weighted by Crippen LogP contribution is -1.91. The molecule has 0 aliphatic rings. The third-order valence-corrected chi connectivity index (χ3v) is 4.85. The predicted octanol–water partition coefficient (Wildman–Crippen LogP) is 7.68. The van der Waals surface area contributed by atoms with Crippen LogP contribution in [0.15, 0.2) is 48.5 Å². The van der Waals surface area contributed by atoms with Gasteiger partial charge in [0.15, 0.2) is 0 Å². The molecule has 3 rings (SSSR count). The zero-order valence-corrected chi connectivity index (χ0v) is 15.2.